The average Bonchev–Trinajstić information content (AvgIpc) is 3.36. The van der Waals surface area contributed by atoms with Gasteiger partial charge in [0.1, 0.15) is 5.76 Å². The van der Waals surface area contributed by atoms with Crippen LogP contribution >= 0.6 is 0 Å². The van der Waals surface area contributed by atoms with Gasteiger partial charge in [0.05, 0.1) is 18.7 Å². The van der Waals surface area contributed by atoms with Crippen molar-refractivity contribution in [2.75, 3.05) is 6.54 Å². The first kappa shape index (κ1) is 17.4. The first-order chi connectivity index (χ1) is 13.0. The Morgan fingerprint density at radius 2 is 2.19 bits per heavy atom. The molecule has 0 unspecified atom stereocenters. The topological polar surface area (TPSA) is 78.3 Å². The van der Waals surface area contributed by atoms with E-state index in [1.165, 1.54) is 10.9 Å². The number of aromatic amines is 1. The minimum absolute atomic E-state index is 0.00797. The number of benzene rings is 1. The molecule has 1 saturated heterocycles. The maximum atomic E-state index is 12.5. The van der Waals surface area contributed by atoms with Crippen LogP contribution in [-0.2, 0) is 22.7 Å². The number of likely N-dealkylation sites (tertiary alicyclic amines) is 1. The lowest BCUT2D eigenvalue weighted by Crippen LogP contribution is -2.32. The van der Waals surface area contributed by atoms with Crippen LogP contribution in [0.5, 0.6) is 0 Å². The monoisotopic (exact) mass is 365 g/mol. The van der Waals surface area contributed by atoms with E-state index in [1.807, 2.05) is 18.2 Å². The fourth-order valence-corrected chi connectivity index (χ4v) is 3.64. The number of H-pyrrole nitrogens is 1. The predicted molar refractivity (Wildman–Crippen MR) is 102 cm³/mol. The zero-order valence-corrected chi connectivity index (χ0v) is 15.5. The SMILES string of the molecule is Cc1[nH]c2ccc(CNC(=O)[C@H]3CC(=O)N(Cc4ccco4)C3)cc2c1C. The van der Waals surface area contributed by atoms with Gasteiger partial charge in [0.25, 0.3) is 0 Å². The third kappa shape index (κ3) is 3.47. The first-order valence-electron chi connectivity index (χ1n) is 9.17. The minimum Gasteiger partial charge on any atom is -0.467 e. The third-order valence-electron chi connectivity index (χ3n) is 5.35. The number of hydrogen-bond donors (Lipinski definition) is 2. The highest BCUT2D eigenvalue weighted by Gasteiger charge is 2.34. The zero-order chi connectivity index (χ0) is 19.0. The molecule has 2 amide bonds. The van der Waals surface area contributed by atoms with Crippen LogP contribution in [0.15, 0.2) is 41.0 Å². The average molecular weight is 365 g/mol. The number of nitrogens with one attached hydrogen (secondary N) is 2. The highest BCUT2D eigenvalue weighted by Crippen LogP contribution is 2.23. The summed E-state index contributed by atoms with van der Waals surface area (Å²) in [6.45, 7) is 5.46. The Labute approximate surface area is 157 Å². The molecule has 6 heteroatoms. The summed E-state index contributed by atoms with van der Waals surface area (Å²) in [5, 5.41) is 4.16. The second kappa shape index (κ2) is 6.95. The summed E-state index contributed by atoms with van der Waals surface area (Å²) in [6.07, 6.45) is 1.84. The Bertz CT molecular complexity index is 988. The van der Waals surface area contributed by atoms with Crippen molar-refractivity contribution in [3.05, 3.63) is 59.2 Å². The molecule has 3 heterocycles. The van der Waals surface area contributed by atoms with Gasteiger partial charge in [-0.05, 0) is 49.2 Å². The molecule has 0 saturated carbocycles. The molecule has 0 spiro atoms. The minimum atomic E-state index is -0.313. The number of carbonyl (C=O) groups excluding carboxylic acids is 2. The Balaban J connectivity index is 1.37. The largest absolute Gasteiger partial charge is 0.467 e. The van der Waals surface area contributed by atoms with Gasteiger partial charge in [-0.2, -0.15) is 0 Å². The van der Waals surface area contributed by atoms with Crippen LogP contribution in [0.4, 0.5) is 0 Å². The molecule has 1 fully saturated rings. The lowest BCUT2D eigenvalue weighted by molar-refractivity contribution is -0.129. The van der Waals surface area contributed by atoms with Gasteiger partial charge < -0.3 is 19.6 Å². The van der Waals surface area contributed by atoms with E-state index in [2.05, 4.69) is 30.2 Å². The first-order valence-corrected chi connectivity index (χ1v) is 9.17. The summed E-state index contributed by atoms with van der Waals surface area (Å²) in [5.41, 5.74) is 4.55. The summed E-state index contributed by atoms with van der Waals surface area (Å²) in [5.74, 6) is 0.334. The molecular weight excluding hydrogens is 342 g/mol. The molecule has 1 aliphatic rings. The number of aromatic nitrogens is 1. The van der Waals surface area contributed by atoms with Crippen molar-refractivity contribution in [1.29, 1.82) is 0 Å². The molecule has 0 radical (unpaired) electrons. The maximum absolute atomic E-state index is 12.5. The number of rotatable bonds is 5. The number of hydrogen-bond acceptors (Lipinski definition) is 3. The van der Waals surface area contributed by atoms with Gasteiger partial charge >= 0.3 is 0 Å². The molecule has 2 N–H and O–H groups in total. The van der Waals surface area contributed by atoms with Crippen LogP contribution in [0.1, 0.15) is 29.0 Å². The van der Waals surface area contributed by atoms with E-state index >= 15 is 0 Å². The number of fused-ring (bicyclic) bond motifs is 1. The molecule has 1 aromatic carbocycles. The van der Waals surface area contributed by atoms with Crippen molar-refractivity contribution in [1.82, 2.24) is 15.2 Å². The summed E-state index contributed by atoms with van der Waals surface area (Å²) < 4.78 is 5.29. The second-order valence-corrected chi connectivity index (χ2v) is 7.23. The third-order valence-corrected chi connectivity index (χ3v) is 5.35. The molecule has 4 rings (SSSR count). The van der Waals surface area contributed by atoms with Crippen LogP contribution < -0.4 is 5.32 Å². The second-order valence-electron chi connectivity index (χ2n) is 7.23. The van der Waals surface area contributed by atoms with E-state index in [0.29, 0.717) is 19.6 Å². The van der Waals surface area contributed by atoms with Gasteiger partial charge in [0, 0.05) is 36.1 Å². The quantitative estimate of drug-likeness (QED) is 0.729. The summed E-state index contributed by atoms with van der Waals surface area (Å²) in [6, 6.07) is 9.80. The van der Waals surface area contributed by atoms with Gasteiger partial charge in [-0.1, -0.05) is 6.07 Å². The van der Waals surface area contributed by atoms with E-state index in [9.17, 15) is 9.59 Å². The number of furan rings is 1. The summed E-state index contributed by atoms with van der Waals surface area (Å²) >= 11 is 0. The van der Waals surface area contributed by atoms with Crippen LogP contribution in [0.3, 0.4) is 0 Å². The molecule has 0 aliphatic carbocycles. The van der Waals surface area contributed by atoms with Gasteiger partial charge in [0.15, 0.2) is 0 Å². The molecule has 1 atom stereocenters. The molecule has 1 aliphatic heterocycles. The smallest absolute Gasteiger partial charge is 0.225 e. The Kier molecular flexibility index (Phi) is 4.48. The van der Waals surface area contributed by atoms with E-state index in [1.54, 1.807) is 17.2 Å². The standard InChI is InChI=1S/C21H23N3O3/c1-13-14(2)23-19-6-5-15(8-18(13)19)10-22-21(26)16-9-20(25)24(11-16)12-17-4-3-7-27-17/h3-8,16,23H,9-12H2,1-2H3,(H,22,26)/t16-/m0/s1. The van der Waals surface area contributed by atoms with E-state index in [4.69, 9.17) is 4.42 Å². The summed E-state index contributed by atoms with van der Waals surface area (Å²) in [7, 11) is 0. The van der Waals surface area contributed by atoms with E-state index in [-0.39, 0.29) is 24.2 Å². The van der Waals surface area contributed by atoms with Crippen molar-refractivity contribution >= 4 is 22.7 Å². The van der Waals surface area contributed by atoms with Gasteiger partial charge in [-0.3, -0.25) is 9.59 Å². The van der Waals surface area contributed by atoms with Crippen molar-refractivity contribution in [3.8, 4) is 0 Å². The lowest BCUT2D eigenvalue weighted by Gasteiger charge is -2.15. The molecule has 27 heavy (non-hydrogen) atoms. The highest BCUT2D eigenvalue weighted by atomic mass is 16.3. The molecule has 6 nitrogen and oxygen atoms in total. The van der Waals surface area contributed by atoms with Crippen LogP contribution in [0.25, 0.3) is 10.9 Å². The Morgan fingerprint density at radius 1 is 1.33 bits per heavy atom. The van der Waals surface area contributed by atoms with Crippen LogP contribution in [0, 0.1) is 19.8 Å². The number of aryl methyl sites for hydroxylation is 2. The maximum Gasteiger partial charge on any atom is 0.225 e. The lowest BCUT2D eigenvalue weighted by atomic mass is 10.1. The van der Waals surface area contributed by atoms with Crippen molar-refractivity contribution in [3.63, 3.8) is 0 Å². The van der Waals surface area contributed by atoms with Gasteiger partial charge in [0.2, 0.25) is 11.8 Å². The predicted octanol–water partition coefficient (Wildman–Crippen LogP) is 3.04. The fraction of sp³-hybridized carbons (Fsp3) is 0.333. The number of carbonyl (C=O) groups is 2. The van der Waals surface area contributed by atoms with Gasteiger partial charge in [-0.15, -0.1) is 0 Å². The number of nitrogens with zero attached hydrogens (tertiary/aromatic N) is 1. The van der Waals surface area contributed by atoms with Gasteiger partial charge in [-0.25, -0.2) is 0 Å². The van der Waals surface area contributed by atoms with E-state index < -0.39 is 0 Å². The van der Waals surface area contributed by atoms with Crippen LogP contribution in [-0.4, -0.2) is 28.2 Å². The molecule has 0 bridgehead atoms. The fourth-order valence-electron chi connectivity index (χ4n) is 3.64. The molecule has 140 valence electrons. The number of amides is 2. The van der Waals surface area contributed by atoms with Crippen molar-refractivity contribution in [2.45, 2.75) is 33.4 Å². The molecule has 3 aromatic rings. The van der Waals surface area contributed by atoms with Crippen molar-refractivity contribution in [2.24, 2.45) is 5.92 Å². The van der Waals surface area contributed by atoms with Crippen LogP contribution in [0.2, 0.25) is 0 Å². The van der Waals surface area contributed by atoms with E-state index in [0.717, 1.165) is 22.5 Å². The Hall–Kier alpha value is -3.02. The zero-order valence-electron chi connectivity index (χ0n) is 15.5. The van der Waals surface area contributed by atoms with Crippen molar-refractivity contribution < 1.29 is 14.0 Å². The molecular formula is C21H23N3O3. The highest BCUT2D eigenvalue weighted by molar-refractivity contribution is 5.89. The molecule has 2 aromatic heterocycles. The summed E-state index contributed by atoms with van der Waals surface area (Å²) in [4.78, 5) is 29.7. The normalized spacial score (nSPS) is 17.0. The Morgan fingerprint density at radius 3 is 2.96 bits per heavy atom.